The minimum Gasteiger partial charge on any atom is -0.444 e. The summed E-state index contributed by atoms with van der Waals surface area (Å²) in [7, 11) is -1.83. The zero-order valence-corrected chi connectivity index (χ0v) is 19.7. The molecule has 1 N–H and O–H groups in total. The van der Waals surface area contributed by atoms with Crippen molar-refractivity contribution in [3.8, 4) is 0 Å². The molecule has 0 aromatic rings. The number of nitrogens with one attached hydrogen (secondary N) is 1. The molecule has 0 spiro atoms. The number of ether oxygens (including phenoxy) is 1. The van der Waals surface area contributed by atoms with Gasteiger partial charge in [0.25, 0.3) is 0 Å². The van der Waals surface area contributed by atoms with Crippen LogP contribution >= 0.6 is 0 Å². The van der Waals surface area contributed by atoms with E-state index in [1.165, 1.54) is 32.1 Å². The zero-order valence-electron chi connectivity index (χ0n) is 18.7. The molecule has 0 aliphatic carbocycles. The lowest BCUT2D eigenvalue weighted by atomic mass is 10.1. The van der Waals surface area contributed by atoms with Gasteiger partial charge in [0.1, 0.15) is 6.10 Å². The Labute approximate surface area is 168 Å². The maximum absolute atomic E-state index is 12.2. The van der Waals surface area contributed by atoms with E-state index < -0.39 is 8.32 Å². The van der Waals surface area contributed by atoms with E-state index in [0.717, 1.165) is 32.5 Å². The summed E-state index contributed by atoms with van der Waals surface area (Å²) in [6.07, 6.45) is 7.70. The maximum Gasteiger partial charge on any atom is 0.407 e. The smallest absolute Gasteiger partial charge is 0.407 e. The van der Waals surface area contributed by atoms with Gasteiger partial charge in [-0.1, -0.05) is 47.0 Å². The van der Waals surface area contributed by atoms with Gasteiger partial charge in [0, 0.05) is 13.1 Å². The van der Waals surface area contributed by atoms with E-state index in [2.05, 4.69) is 51.0 Å². The van der Waals surface area contributed by atoms with Crippen LogP contribution in [-0.2, 0) is 9.16 Å². The van der Waals surface area contributed by atoms with Crippen LogP contribution in [-0.4, -0.2) is 58.2 Å². The number of rotatable bonds is 12. The lowest BCUT2D eigenvalue weighted by Crippen LogP contribution is -2.44. The van der Waals surface area contributed by atoms with E-state index in [4.69, 9.17) is 9.16 Å². The highest BCUT2D eigenvalue weighted by Crippen LogP contribution is 2.36. The zero-order chi connectivity index (χ0) is 20.3. The van der Waals surface area contributed by atoms with Crippen molar-refractivity contribution < 1.29 is 14.0 Å². The minimum absolute atomic E-state index is 0.150. The van der Waals surface area contributed by atoms with Crippen LogP contribution < -0.4 is 5.32 Å². The molecule has 1 unspecified atom stereocenters. The average molecular weight is 401 g/mol. The molecule has 6 heteroatoms. The summed E-state index contributed by atoms with van der Waals surface area (Å²) < 4.78 is 12.1. The maximum atomic E-state index is 12.2. The Bertz CT molecular complexity index is 418. The molecule has 1 saturated heterocycles. The molecule has 160 valence electrons. The fraction of sp³-hybridized carbons (Fsp3) is 0.952. The number of amides is 1. The van der Waals surface area contributed by atoms with Gasteiger partial charge in [-0.25, -0.2) is 4.79 Å². The van der Waals surface area contributed by atoms with Gasteiger partial charge in [-0.2, -0.15) is 0 Å². The number of nitrogens with zero attached hydrogens (tertiary/aromatic N) is 1. The SMILES string of the molecule is CCCCCCC(CO[Si](C)(C)C(C)(C)C)OC(=O)NCCN1CCCC1. The van der Waals surface area contributed by atoms with E-state index in [0.29, 0.717) is 13.2 Å². The Kier molecular flexibility index (Phi) is 10.9. The molecule has 1 amide bonds. The first-order chi connectivity index (χ1) is 12.7. The third-order valence-electron chi connectivity index (χ3n) is 5.99. The molecule has 0 aromatic heterocycles. The van der Waals surface area contributed by atoms with Gasteiger partial charge in [-0.15, -0.1) is 0 Å². The van der Waals surface area contributed by atoms with E-state index >= 15 is 0 Å². The van der Waals surface area contributed by atoms with Gasteiger partial charge in [0.15, 0.2) is 8.32 Å². The molecule has 0 aromatic carbocycles. The summed E-state index contributed by atoms with van der Waals surface area (Å²) >= 11 is 0. The molecule has 1 atom stereocenters. The van der Waals surface area contributed by atoms with E-state index in [1.54, 1.807) is 0 Å². The molecule has 1 aliphatic heterocycles. The van der Waals surface area contributed by atoms with Gasteiger partial charge in [0.05, 0.1) is 6.61 Å². The molecule has 5 nitrogen and oxygen atoms in total. The summed E-state index contributed by atoms with van der Waals surface area (Å²) in [6.45, 7) is 17.8. The average Bonchev–Trinajstić information content (AvgIpc) is 3.08. The molecular weight excluding hydrogens is 356 g/mol. The number of likely N-dealkylation sites (tertiary alicyclic amines) is 1. The molecule has 0 radical (unpaired) electrons. The minimum atomic E-state index is -1.83. The number of carbonyl (C=O) groups is 1. The first-order valence-corrected chi connectivity index (χ1v) is 13.9. The molecule has 1 heterocycles. The summed E-state index contributed by atoms with van der Waals surface area (Å²) in [6, 6.07) is 0. The van der Waals surface area contributed by atoms with Crippen molar-refractivity contribution in [1.82, 2.24) is 10.2 Å². The molecule has 1 fully saturated rings. The Morgan fingerprint density at radius 1 is 1.15 bits per heavy atom. The van der Waals surface area contributed by atoms with Gasteiger partial charge < -0.3 is 19.4 Å². The highest BCUT2D eigenvalue weighted by Gasteiger charge is 2.37. The van der Waals surface area contributed by atoms with Crippen LogP contribution in [0.4, 0.5) is 4.79 Å². The lowest BCUT2D eigenvalue weighted by molar-refractivity contribution is 0.0543. The Balaban J connectivity index is 2.42. The summed E-state index contributed by atoms with van der Waals surface area (Å²) in [5, 5.41) is 3.09. The largest absolute Gasteiger partial charge is 0.444 e. The topological polar surface area (TPSA) is 50.8 Å². The molecule has 0 bridgehead atoms. The number of alkyl carbamates (subject to hydrolysis) is 1. The van der Waals surface area contributed by atoms with Crippen LogP contribution in [0.5, 0.6) is 0 Å². The predicted octanol–water partition coefficient (Wildman–Crippen LogP) is 5.17. The van der Waals surface area contributed by atoms with Gasteiger partial charge >= 0.3 is 6.09 Å². The van der Waals surface area contributed by atoms with Gasteiger partial charge in [-0.3, -0.25) is 0 Å². The van der Waals surface area contributed by atoms with Crippen LogP contribution in [0.15, 0.2) is 0 Å². The first-order valence-electron chi connectivity index (χ1n) is 11.0. The number of carbonyl (C=O) groups excluding carboxylic acids is 1. The van der Waals surface area contributed by atoms with Crippen LogP contribution in [0.1, 0.15) is 72.6 Å². The fourth-order valence-electron chi connectivity index (χ4n) is 3.01. The van der Waals surface area contributed by atoms with E-state index in [-0.39, 0.29) is 17.2 Å². The second-order valence-corrected chi connectivity index (χ2v) is 14.2. The second kappa shape index (κ2) is 12.1. The predicted molar refractivity (Wildman–Crippen MR) is 116 cm³/mol. The van der Waals surface area contributed by atoms with Crippen molar-refractivity contribution in [2.75, 3.05) is 32.8 Å². The third kappa shape index (κ3) is 9.95. The van der Waals surface area contributed by atoms with Crippen LogP contribution in [0.3, 0.4) is 0 Å². The van der Waals surface area contributed by atoms with Crippen LogP contribution in [0.2, 0.25) is 18.1 Å². The summed E-state index contributed by atoms with van der Waals surface area (Å²) in [5.74, 6) is 0. The summed E-state index contributed by atoms with van der Waals surface area (Å²) in [5.41, 5.74) is 0. The Morgan fingerprint density at radius 2 is 1.81 bits per heavy atom. The fourth-order valence-corrected chi connectivity index (χ4v) is 4.04. The Hall–Kier alpha value is -0.593. The number of hydrogen-bond acceptors (Lipinski definition) is 4. The van der Waals surface area contributed by atoms with E-state index in [9.17, 15) is 4.79 Å². The van der Waals surface area contributed by atoms with E-state index in [1.807, 2.05) is 0 Å². The van der Waals surface area contributed by atoms with Crippen LogP contribution in [0.25, 0.3) is 0 Å². The van der Waals surface area contributed by atoms with Crippen molar-refractivity contribution >= 4 is 14.4 Å². The normalized spacial score (nSPS) is 17.1. The molecule has 1 aliphatic rings. The molecule has 27 heavy (non-hydrogen) atoms. The highest BCUT2D eigenvalue weighted by molar-refractivity contribution is 6.74. The van der Waals surface area contributed by atoms with Crippen molar-refractivity contribution in [3.05, 3.63) is 0 Å². The number of unbranched alkanes of at least 4 members (excludes halogenated alkanes) is 3. The molecule has 1 rings (SSSR count). The van der Waals surface area contributed by atoms with Crippen LogP contribution in [0, 0.1) is 0 Å². The molecular formula is C21H44N2O3Si. The first kappa shape index (κ1) is 24.4. The van der Waals surface area contributed by atoms with Crippen molar-refractivity contribution in [2.24, 2.45) is 0 Å². The van der Waals surface area contributed by atoms with Crippen molar-refractivity contribution in [3.63, 3.8) is 0 Å². The van der Waals surface area contributed by atoms with Gasteiger partial charge in [-0.05, 0) is 56.9 Å². The molecule has 0 saturated carbocycles. The Morgan fingerprint density at radius 3 is 2.41 bits per heavy atom. The lowest BCUT2D eigenvalue weighted by Gasteiger charge is -2.37. The highest BCUT2D eigenvalue weighted by atomic mass is 28.4. The van der Waals surface area contributed by atoms with Crippen molar-refractivity contribution in [2.45, 2.75) is 96.9 Å². The number of hydrogen-bond donors (Lipinski definition) is 1. The second-order valence-electron chi connectivity index (χ2n) is 9.42. The quantitative estimate of drug-likeness (QED) is 0.363. The van der Waals surface area contributed by atoms with Gasteiger partial charge in [0.2, 0.25) is 0 Å². The standard InChI is InChI=1S/C21H44N2O3Si/c1-7-8-9-10-13-19(18-25-27(5,6)21(2,3)4)26-20(24)22-14-17-23-15-11-12-16-23/h19H,7-18H2,1-6H3,(H,22,24). The summed E-state index contributed by atoms with van der Waals surface area (Å²) in [4.78, 5) is 14.6. The van der Waals surface area contributed by atoms with Crippen molar-refractivity contribution in [1.29, 1.82) is 0 Å². The monoisotopic (exact) mass is 400 g/mol. The third-order valence-corrected chi connectivity index (χ3v) is 10.5.